The van der Waals surface area contributed by atoms with Gasteiger partial charge in [-0.15, -0.1) is 0 Å². The molecule has 2 aromatic heterocycles. The topological polar surface area (TPSA) is 64.7 Å². The number of aromatic nitrogens is 3. The van der Waals surface area contributed by atoms with Gasteiger partial charge in [0.2, 0.25) is 0 Å². The lowest BCUT2D eigenvalue weighted by Crippen LogP contribution is -1.95. The highest BCUT2D eigenvalue weighted by molar-refractivity contribution is 9.10. The number of fused-ring (bicyclic) bond motifs is 1. The first-order valence-corrected chi connectivity index (χ1v) is 6.16. The lowest BCUT2D eigenvalue weighted by atomic mass is 10.2. The van der Waals surface area contributed by atoms with E-state index in [4.69, 9.17) is 5.73 Å². The first kappa shape index (κ1) is 11.1. The second kappa shape index (κ2) is 4.34. The van der Waals surface area contributed by atoms with Crippen molar-refractivity contribution in [3.05, 3.63) is 47.2 Å². The highest BCUT2D eigenvalue weighted by Crippen LogP contribution is 2.27. The molecule has 3 rings (SSSR count). The number of halogens is 1. The Balaban J connectivity index is 2.22. The van der Waals surface area contributed by atoms with Crippen LogP contribution in [-0.4, -0.2) is 15.0 Å². The second-order valence-corrected chi connectivity index (χ2v) is 4.71. The Morgan fingerprint density at radius 2 is 1.78 bits per heavy atom. The minimum Gasteiger partial charge on any atom is -0.396 e. The molecule has 2 heterocycles. The Hall–Kier alpha value is -2.01. The van der Waals surface area contributed by atoms with Crippen molar-refractivity contribution < 1.29 is 0 Å². The SMILES string of the molecule is Nc1cnc(-c2nc3ccccc3cc2Br)nc1. The van der Waals surface area contributed by atoms with Crippen molar-refractivity contribution in [2.45, 2.75) is 0 Å². The number of nitrogens with zero attached hydrogens (tertiary/aromatic N) is 3. The number of nitrogens with two attached hydrogens (primary N) is 1. The average Bonchev–Trinajstić information content (AvgIpc) is 2.39. The molecule has 0 aliphatic carbocycles. The smallest absolute Gasteiger partial charge is 0.179 e. The molecule has 0 saturated heterocycles. The molecule has 0 fully saturated rings. The fourth-order valence-corrected chi connectivity index (χ4v) is 2.22. The molecule has 88 valence electrons. The normalized spacial score (nSPS) is 10.7. The van der Waals surface area contributed by atoms with Gasteiger partial charge in [-0.2, -0.15) is 0 Å². The molecule has 0 aliphatic heterocycles. The van der Waals surface area contributed by atoms with Crippen LogP contribution in [0.1, 0.15) is 0 Å². The maximum absolute atomic E-state index is 5.58. The predicted octanol–water partition coefficient (Wildman–Crippen LogP) is 3.04. The van der Waals surface area contributed by atoms with Gasteiger partial charge in [0.15, 0.2) is 5.82 Å². The fourth-order valence-electron chi connectivity index (χ4n) is 1.71. The van der Waals surface area contributed by atoms with Crippen molar-refractivity contribution in [2.24, 2.45) is 0 Å². The number of anilines is 1. The number of para-hydroxylation sites is 1. The summed E-state index contributed by atoms with van der Waals surface area (Å²) in [5.74, 6) is 0.557. The summed E-state index contributed by atoms with van der Waals surface area (Å²) in [5, 5.41) is 1.07. The summed E-state index contributed by atoms with van der Waals surface area (Å²) >= 11 is 3.50. The Morgan fingerprint density at radius 3 is 2.56 bits per heavy atom. The van der Waals surface area contributed by atoms with Gasteiger partial charge in [-0.05, 0) is 28.1 Å². The van der Waals surface area contributed by atoms with Gasteiger partial charge in [-0.3, -0.25) is 0 Å². The van der Waals surface area contributed by atoms with Gasteiger partial charge >= 0.3 is 0 Å². The molecule has 0 amide bonds. The zero-order valence-corrected chi connectivity index (χ0v) is 10.9. The Bertz CT molecular complexity index is 710. The number of hydrogen-bond donors (Lipinski definition) is 1. The fraction of sp³-hybridized carbons (Fsp3) is 0. The Morgan fingerprint density at radius 1 is 1.06 bits per heavy atom. The summed E-state index contributed by atoms with van der Waals surface area (Å²) in [7, 11) is 0. The van der Waals surface area contributed by atoms with Crippen LogP contribution in [0.4, 0.5) is 5.69 Å². The van der Waals surface area contributed by atoms with Gasteiger partial charge in [0.1, 0.15) is 5.69 Å². The standard InChI is InChI=1S/C13H9BrN4/c14-10-5-8-3-1-2-4-11(8)18-12(10)13-16-6-9(15)7-17-13/h1-7H,15H2. The third kappa shape index (κ3) is 1.93. The number of benzene rings is 1. The number of pyridine rings is 1. The van der Waals surface area contributed by atoms with Gasteiger partial charge in [0.25, 0.3) is 0 Å². The van der Waals surface area contributed by atoms with E-state index in [2.05, 4.69) is 30.9 Å². The summed E-state index contributed by atoms with van der Waals surface area (Å²) in [4.78, 5) is 12.9. The van der Waals surface area contributed by atoms with E-state index in [1.54, 1.807) is 12.4 Å². The lowest BCUT2D eigenvalue weighted by Gasteiger charge is -2.05. The van der Waals surface area contributed by atoms with Crippen molar-refractivity contribution in [3.63, 3.8) is 0 Å². The Labute approximate surface area is 112 Å². The van der Waals surface area contributed by atoms with E-state index in [0.717, 1.165) is 15.4 Å². The zero-order chi connectivity index (χ0) is 12.5. The molecule has 0 radical (unpaired) electrons. The highest BCUT2D eigenvalue weighted by Gasteiger charge is 2.09. The molecule has 3 aromatic rings. The molecule has 0 aliphatic rings. The van der Waals surface area contributed by atoms with E-state index in [-0.39, 0.29) is 0 Å². The summed E-state index contributed by atoms with van der Waals surface area (Å²) in [6.45, 7) is 0. The van der Waals surface area contributed by atoms with Crippen LogP contribution in [0.15, 0.2) is 47.2 Å². The van der Waals surface area contributed by atoms with Gasteiger partial charge in [-0.1, -0.05) is 18.2 Å². The van der Waals surface area contributed by atoms with E-state index in [0.29, 0.717) is 17.2 Å². The molecular weight excluding hydrogens is 292 g/mol. The number of rotatable bonds is 1. The third-order valence-corrected chi connectivity index (χ3v) is 3.17. The summed E-state index contributed by atoms with van der Waals surface area (Å²) in [6.07, 6.45) is 3.15. The first-order valence-electron chi connectivity index (χ1n) is 5.37. The molecule has 5 heteroatoms. The molecule has 1 aromatic carbocycles. The van der Waals surface area contributed by atoms with Crippen LogP contribution in [0.25, 0.3) is 22.4 Å². The molecule has 4 nitrogen and oxygen atoms in total. The summed E-state index contributed by atoms with van der Waals surface area (Å²) in [6, 6.07) is 9.92. The molecule has 0 spiro atoms. The second-order valence-electron chi connectivity index (χ2n) is 3.85. The van der Waals surface area contributed by atoms with Gasteiger partial charge in [0.05, 0.1) is 23.6 Å². The largest absolute Gasteiger partial charge is 0.396 e. The number of nitrogen functional groups attached to an aromatic ring is 1. The molecule has 0 bridgehead atoms. The quantitative estimate of drug-likeness (QED) is 0.750. The summed E-state index contributed by atoms with van der Waals surface area (Å²) in [5.41, 5.74) is 7.74. The van der Waals surface area contributed by atoms with Crippen molar-refractivity contribution in [1.82, 2.24) is 15.0 Å². The number of hydrogen-bond acceptors (Lipinski definition) is 4. The van der Waals surface area contributed by atoms with Crippen molar-refractivity contribution in [1.29, 1.82) is 0 Å². The van der Waals surface area contributed by atoms with E-state index < -0.39 is 0 Å². The van der Waals surface area contributed by atoms with Gasteiger partial charge < -0.3 is 5.73 Å². The van der Waals surface area contributed by atoms with E-state index >= 15 is 0 Å². The van der Waals surface area contributed by atoms with Gasteiger partial charge in [-0.25, -0.2) is 15.0 Å². The maximum Gasteiger partial charge on any atom is 0.179 e. The van der Waals surface area contributed by atoms with Gasteiger partial charge in [0, 0.05) is 9.86 Å². The third-order valence-electron chi connectivity index (χ3n) is 2.56. The Kier molecular flexibility index (Phi) is 2.68. The van der Waals surface area contributed by atoms with Crippen LogP contribution in [0.2, 0.25) is 0 Å². The molecular formula is C13H9BrN4. The van der Waals surface area contributed by atoms with Crippen molar-refractivity contribution in [2.75, 3.05) is 5.73 Å². The van der Waals surface area contributed by atoms with E-state index in [9.17, 15) is 0 Å². The average molecular weight is 301 g/mol. The van der Waals surface area contributed by atoms with E-state index in [1.807, 2.05) is 30.3 Å². The first-order chi connectivity index (χ1) is 8.74. The van der Waals surface area contributed by atoms with Crippen LogP contribution in [-0.2, 0) is 0 Å². The molecule has 0 atom stereocenters. The zero-order valence-electron chi connectivity index (χ0n) is 9.34. The minimum atomic E-state index is 0.538. The maximum atomic E-state index is 5.58. The van der Waals surface area contributed by atoms with Crippen LogP contribution < -0.4 is 5.73 Å². The van der Waals surface area contributed by atoms with Crippen LogP contribution in [0, 0.1) is 0 Å². The molecule has 0 saturated carbocycles. The molecule has 2 N–H and O–H groups in total. The van der Waals surface area contributed by atoms with Crippen LogP contribution in [0.5, 0.6) is 0 Å². The van der Waals surface area contributed by atoms with Crippen molar-refractivity contribution >= 4 is 32.5 Å². The molecule has 18 heavy (non-hydrogen) atoms. The highest BCUT2D eigenvalue weighted by atomic mass is 79.9. The monoisotopic (exact) mass is 300 g/mol. The minimum absolute atomic E-state index is 0.538. The lowest BCUT2D eigenvalue weighted by molar-refractivity contribution is 1.15. The van der Waals surface area contributed by atoms with E-state index in [1.165, 1.54) is 0 Å². The van der Waals surface area contributed by atoms with Crippen molar-refractivity contribution in [3.8, 4) is 11.5 Å². The van der Waals surface area contributed by atoms with Crippen LogP contribution >= 0.6 is 15.9 Å². The van der Waals surface area contributed by atoms with Crippen LogP contribution in [0.3, 0.4) is 0 Å². The summed E-state index contributed by atoms with van der Waals surface area (Å²) < 4.78 is 0.867. The predicted molar refractivity (Wildman–Crippen MR) is 74.9 cm³/mol. The molecule has 0 unspecified atom stereocenters.